The summed E-state index contributed by atoms with van der Waals surface area (Å²) in [5.41, 5.74) is 0.228. The van der Waals surface area contributed by atoms with Crippen LogP contribution in [-0.4, -0.2) is 35.9 Å². The zero-order valence-corrected chi connectivity index (χ0v) is 14.7. The number of anilines is 1. The van der Waals surface area contributed by atoms with E-state index in [1.165, 1.54) is 0 Å². The number of hydrogen-bond donors (Lipinski definition) is 1. The number of nitrogens with zero attached hydrogens (tertiary/aromatic N) is 2. The Labute approximate surface area is 139 Å². The number of thiazole rings is 1. The van der Waals surface area contributed by atoms with Crippen LogP contribution in [0.15, 0.2) is 12.1 Å². The smallest absolute Gasteiger partial charge is 0.186 e. The molecule has 0 saturated carbocycles. The molecule has 120 valence electrons. The standard InChI is InChI=1S/C16H21ClN2O2S/c1-16(2,20)10-6-8-19(9-7-10)15-18-13-12(21-3)5-4-11(17)14(13)22-15/h4-5,10,20H,6-9H2,1-3H3. The fraction of sp³-hybridized carbons (Fsp3) is 0.562. The molecule has 0 aliphatic carbocycles. The summed E-state index contributed by atoms with van der Waals surface area (Å²) in [6.45, 7) is 5.62. The molecule has 0 atom stereocenters. The van der Waals surface area contributed by atoms with Crippen LogP contribution in [0.1, 0.15) is 26.7 Å². The van der Waals surface area contributed by atoms with Crippen LogP contribution in [0.5, 0.6) is 5.75 Å². The molecule has 0 radical (unpaired) electrons. The molecule has 3 rings (SSSR count). The highest BCUT2D eigenvalue weighted by atomic mass is 35.5. The molecule has 0 amide bonds. The molecule has 1 aromatic heterocycles. The van der Waals surface area contributed by atoms with E-state index in [1.807, 2.05) is 26.0 Å². The fourth-order valence-electron chi connectivity index (χ4n) is 3.02. The van der Waals surface area contributed by atoms with E-state index in [-0.39, 0.29) is 0 Å². The average molecular weight is 341 g/mol. The van der Waals surface area contributed by atoms with Gasteiger partial charge in [0.2, 0.25) is 0 Å². The lowest BCUT2D eigenvalue weighted by Gasteiger charge is -2.37. The summed E-state index contributed by atoms with van der Waals surface area (Å²) in [6.07, 6.45) is 1.95. The minimum atomic E-state index is -0.605. The molecule has 0 unspecified atom stereocenters. The van der Waals surface area contributed by atoms with Crippen LogP contribution < -0.4 is 9.64 Å². The van der Waals surface area contributed by atoms with Crippen molar-refractivity contribution in [3.05, 3.63) is 17.2 Å². The lowest BCUT2D eigenvalue weighted by atomic mass is 9.83. The third-order valence-corrected chi connectivity index (χ3v) is 6.01. The number of rotatable bonds is 3. The SMILES string of the molecule is COc1ccc(Cl)c2sc(N3CCC(C(C)(C)O)CC3)nc12. The Bertz CT molecular complexity index is 673. The highest BCUT2D eigenvalue weighted by Crippen LogP contribution is 2.40. The van der Waals surface area contributed by atoms with Crippen molar-refractivity contribution in [3.63, 3.8) is 0 Å². The Morgan fingerprint density at radius 1 is 1.36 bits per heavy atom. The topological polar surface area (TPSA) is 45.6 Å². The number of aliphatic hydroxyl groups is 1. The normalized spacial score (nSPS) is 17.2. The molecule has 2 aromatic rings. The third-order valence-electron chi connectivity index (χ3n) is 4.43. The second-order valence-corrected chi connectivity index (χ2v) is 7.72. The number of methoxy groups -OCH3 is 1. The molecular weight excluding hydrogens is 320 g/mol. The van der Waals surface area contributed by atoms with Crippen LogP contribution in [0, 0.1) is 5.92 Å². The molecule has 1 N–H and O–H groups in total. The third kappa shape index (κ3) is 2.90. The van der Waals surface area contributed by atoms with Crippen molar-refractivity contribution < 1.29 is 9.84 Å². The van der Waals surface area contributed by atoms with Gasteiger partial charge in [-0.1, -0.05) is 22.9 Å². The number of piperidine rings is 1. The predicted molar refractivity (Wildman–Crippen MR) is 92.4 cm³/mol. The molecule has 1 fully saturated rings. The number of aromatic nitrogens is 1. The van der Waals surface area contributed by atoms with Crippen molar-refractivity contribution in [2.75, 3.05) is 25.1 Å². The van der Waals surface area contributed by atoms with Gasteiger partial charge in [-0.05, 0) is 44.7 Å². The van der Waals surface area contributed by atoms with E-state index in [9.17, 15) is 5.11 Å². The summed E-state index contributed by atoms with van der Waals surface area (Å²) in [5.74, 6) is 1.10. The van der Waals surface area contributed by atoms with Crippen molar-refractivity contribution in [1.29, 1.82) is 0 Å². The molecule has 0 spiro atoms. The van der Waals surface area contributed by atoms with Crippen molar-refractivity contribution in [3.8, 4) is 5.75 Å². The monoisotopic (exact) mass is 340 g/mol. The van der Waals surface area contributed by atoms with Gasteiger partial charge in [-0.15, -0.1) is 0 Å². The molecular formula is C16H21ClN2O2S. The number of ether oxygens (including phenoxy) is 1. The van der Waals surface area contributed by atoms with E-state index < -0.39 is 5.60 Å². The molecule has 1 aromatic carbocycles. The Hall–Kier alpha value is -1.04. The molecule has 1 saturated heterocycles. The first-order valence-electron chi connectivity index (χ1n) is 7.50. The summed E-state index contributed by atoms with van der Waals surface area (Å²) < 4.78 is 6.35. The van der Waals surface area contributed by atoms with Gasteiger partial charge in [-0.25, -0.2) is 4.98 Å². The number of fused-ring (bicyclic) bond motifs is 1. The van der Waals surface area contributed by atoms with Crippen LogP contribution in [0.2, 0.25) is 5.02 Å². The molecule has 2 heterocycles. The second kappa shape index (κ2) is 5.87. The first kappa shape index (κ1) is 15.8. The highest BCUT2D eigenvalue weighted by molar-refractivity contribution is 7.22. The average Bonchev–Trinajstić information content (AvgIpc) is 2.93. The van der Waals surface area contributed by atoms with Crippen LogP contribution in [0.25, 0.3) is 10.2 Å². The van der Waals surface area contributed by atoms with E-state index in [4.69, 9.17) is 21.3 Å². The van der Waals surface area contributed by atoms with E-state index in [1.54, 1.807) is 18.4 Å². The zero-order chi connectivity index (χ0) is 15.9. The van der Waals surface area contributed by atoms with E-state index >= 15 is 0 Å². The molecule has 4 nitrogen and oxygen atoms in total. The van der Waals surface area contributed by atoms with Crippen LogP contribution in [-0.2, 0) is 0 Å². The minimum absolute atomic E-state index is 0.344. The summed E-state index contributed by atoms with van der Waals surface area (Å²) >= 11 is 7.89. The first-order valence-corrected chi connectivity index (χ1v) is 8.70. The largest absolute Gasteiger partial charge is 0.494 e. The van der Waals surface area contributed by atoms with Gasteiger partial charge in [0.05, 0.1) is 22.4 Å². The van der Waals surface area contributed by atoms with E-state index in [0.29, 0.717) is 10.9 Å². The van der Waals surface area contributed by atoms with Crippen LogP contribution in [0.4, 0.5) is 5.13 Å². The highest BCUT2D eigenvalue weighted by Gasteiger charge is 2.31. The Kier molecular flexibility index (Phi) is 4.23. The summed E-state index contributed by atoms with van der Waals surface area (Å²) in [6, 6.07) is 3.71. The maximum Gasteiger partial charge on any atom is 0.186 e. The zero-order valence-electron chi connectivity index (χ0n) is 13.1. The fourth-order valence-corrected chi connectivity index (χ4v) is 4.33. The quantitative estimate of drug-likeness (QED) is 0.919. The molecule has 0 bridgehead atoms. The lowest BCUT2D eigenvalue weighted by Crippen LogP contribution is -2.41. The predicted octanol–water partition coefficient (Wildman–Crippen LogP) is 3.95. The maximum absolute atomic E-state index is 10.2. The first-order chi connectivity index (χ1) is 10.4. The van der Waals surface area contributed by atoms with E-state index in [2.05, 4.69) is 4.90 Å². The van der Waals surface area contributed by atoms with Gasteiger partial charge in [-0.3, -0.25) is 0 Å². The van der Waals surface area contributed by atoms with Crippen LogP contribution >= 0.6 is 22.9 Å². The van der Waals surface area contributed by atoms with Crippen molar-refractivity contribution >= 4 is 38.3 Å². The molecule has 1 aliphatic heterocycles. The summed E-state index contributed by atoms with van der Waals surface area (Å²) in [7, 11) is 1.65. The molecule has 1 aliphatic rings. The van der Waals surface area contributed by atoms with Crippen LogP contribution in [0.3, 0.4) is 0 Å². The number of halogens is 1. The van der Waals surface area contributed by atoms with Crippen molar-refractivity contribution in [2.24, 2.45) is 5.92 Å². The lowest BCUT2D eigenvalue weighted by molar-refractivity contribution is 0.00651. The summed E-state index contributed by atoms with van der Waals surface area (Å²) in [4.78, 5) is 7.01. The van der Waals surface area contributed by atoms with Gasteiger partial charge < -0.3 is 14.7 Å². The minimum Gasteiger partial charge on any atom is -0.494 e. The Morgan fingerprint density at radius 2 is 2.05 bits per heavy atom. The molecule has 6 heteroatoms. The molecule has 22 heavy (non-hydrogen) atoms. The van der Waals surface area contributed by atoms with Crippen molar-refractivity contribution in [1.82, 2.24) is 4.98 Å². The Balaban J connectivity index is 1.85. The van der Waals surface area contributed by atoms with Gasteiger partial charge in [0.1, 0.15) is 11.3 Å². The summed E-state index contributed by atoms with van der Waals surface area (Å²) in [5, 5.41) is 11.8. The van der Waals surface area contributed by atoms with Gasteiger partial charge in [-0.2, -0.15) is 0 Å². The number of hydrogen-bond acceptors (Lipinski definition) is 5. The van der Waals surface area contributed by atoms with Gasteiger partial charge in [0.15, 0.2) is 5.13 Å². The Morgan fingerprint density at radius 3 is 2.64 bits per heavy atom. The number of benzene rings is 1. The van der Waals surface area contributed by atoms with Gasteiger partial charge >= 0.3 is 0 Å². The second-order valence-electron chi connectivity index (χ2n) is 6.34. The van der Waals surface area contributed by atoms with E-state index in [0.717, 1.165) is 47.0 Å². The maximum atomic E-state index is 10.2. The van der Waals surface area contributed by atoms with Gasteiger partial charge in [0, 0.05) is 13.1 Å². The van der Waals surface area contributed by atoms with Crippen molar-refractivity contribution in [2.45, 2.75) is 32.3 Å². The van der Waals surface area contributed by atoms with Gasteiger partial charge in [0.25, 0.3) is 0 Å².